The van der Waals surface area contributed by atoms with Gasteiger partial charge in [0.05, 0.1) is 0 Å². The third-order valence-electron chi connectivity index (χ3n) is 3.42. The van der Waals surface area contributed by atoms with E-state index in [0.29, 0.717) is 17.8 Å². The predicted molar refractivity (Wildman–Crippen MR) is 75.9 cm³/mol. The minimum atomic E-state index is 0.314. The van der Waals surface area contributed by atoms with E-state index in [1.807, 2.05) is 6.92 Å². The van der Waals surface area contributed by atoms with Crippen LogP contribution in [0.25, 0.3) is 0 Å². The molecule has 0 radical (unpaired) electrons. The smallest absolute Gasteiger partial charge is 0.137 e. The van der Waals surface area contributed by atoms with Crippen molar-refractivity contribution < 1.29 is 0 Å². The Balaban J connectivity index is 2.40. The van der Waals surface area contributed by atoms with Gasteiger partial charge in [-0.25, -0.2) is 9.97 Å². The summed E-state index contributed by atoms with van der Waals surface area (Å²) in [5.41, 5.74) is 7.06. The third kappa shape index (κ3) is 2.57. The van der Waals surface area contributed by atoms with Crippen molar-refractivity contribution in [3.8, 4) is 0 Å². The summed E-state index contributed by atoms with van der Waals surface area (Å²) < 4.78 is 0. The Morgan fingerprint density at radius 2 is 2.00 bits per heavy atom. The van der Waals surface area contributed by atoms with Crippen molar-refractivity contribution in [2.45, 2.75) is 58.9 Å². The summed E-state index contributed by atoms with van der Waals surface area (Å²) >= 11 is 0. The van der Waals surface area contributed by atoms with E-state index in [-0.39, 0.29) is 0 Å². The Bertz CT molecular complexity index is 424. The zero-order valence-corrected chi connectivity index (χ0v) is 11.9. The lowest BCUT2D eigenvalue weighted by molar-refractivity contribution is 0.719. The van der Waals surface area contributed by atoms with Gasteiger partial charge in [0.2, 0.25) is 0 Å². The Kier molecular flexibility index (Phi) is 3.73. The highest BCUT2D eigenvalue weighted by molar-refractivity contribution is 5.57. The number of nitrogens with two attached hydrogens (primary N) is 1. The molecule has 2 N–H and O–H groups in total. The molecule has 0 spiro atoms. The highest BCUT2D eigenvalue weighted by atomic mass is 15.2. The Labute approximate surface area is 110 Å². The van der Waals surface area contributed by atoms with Gasteiger partial charge in [-0.15, -0.1) is 0 Å². The maximum Gasteiger partial charge on any atom is 0.137 e. The lowest BCUT2D eigenvalue weighted by Crippen LogP contribution is -2.29. The van der Waals surface area contributed by atoms with Gasteiger partial charge in [0.15, 0.2) is 0 Å². The van der Waals surface area contributed by atoms with Crippen LogP contribution in [0.5, 0.6) is 0 Å². The van der Waals surface area contributed by atoms with Crippen molar-refractivity contribution in [2.24, 2.45) is 0 Å². The summed E-state index contributed by atoms with van der Waals surface area (Å²) in [6.07, 6.45) is 3.69. The fourth-order valence-electron chi connectivity index (χ4n) is 2.17. The maximum atomic E-state index is 6.04. The van der Waals surface area contributed by atoms with Crippen LogP contribution in [0.1, 0.15) is 57.3 Å². The second kappa shape index (κ2) is 5.12. The van der Waals surface area contributed by atoms with E-state index in [4.69, 9.17) is 10.7 Å². The lowest BCUT2D eigenvalue weighted by Gasteiger charge is -2.26. The van der Waals surface area contributed by atoms with E-state index in [1.54, 1.807) is 0 Å². The highest BCUT2D eigenvalue weighted by Crippen LogP contribution is 2.34. The molecule has 100 valence electrons. The zero-order chi connectivity index (χ0) is 13.3. The topological polar surface area (TPSA) is 55.0 Å². The van der Waals surface area contributed by atoms with Gasteiger partial charge in [0.25, 0.3) is 0 Å². The molecule has 1 heterocycles. The van der Waals surface area contributed by atoms with Crippen LogP contribution in [0.15, 0.2) is 0 Å². The van der Waals surface area contributed by atoms with Gasteiger partial charge < -0.3 is 10.6 Å². The number of nitrogens with zero attached hydrogens (tertiary/aromatic N) is 3. The highest BCUT2D eigenvalue weighted by Gasteiger charge is 2.31. The molecule has 0 saturated heterocycles. The standard InChI is InChI=1S/C14H24N4/c1-5-8-18(11-6-7-11)14-10(4)12(15)16-13(17-14)9(2)3/h9,11H,5-8H2,1-4H3,(H2,15,16,17). The molecule has 1 aliphatic rings. The molecule has 1 fully saturated rings. The molecule has 0 amide bonds. The predicted octanol–water partition coefficient (Wildman–Crippen LogP) is 2.87. The quantitative estimate of drug-likeness (QED) is 0.870. The van der Waals surface area contributed by atoms with Gasteiger partial charge in [0, 0.05) is 24.1 Å². The molecule has 4 heteroatoms. The number of anilines is 2. The van der Waals surface area contributed by atoms with Crippen molar-refractivity contribution in [3.63, 3.8) is 0 Å². The van der Waals surface area contributed by atoms with Crippen molar-refractivity contribution in [1.29, 1.82) is 0 Å². The number of aromatic nitrogens is 2. The fraction of sp³-hybridized carbons (Fsp3) is 0.714. The molecule has 0 aliphatic heterocycles. The molecule has 1 aliphatic carbocycles. The van der Waals surface area contributed by atoms with E-state index in [9.17, 15) is 0 Å². The van der Waals surface area contributed by atoms with Gasteiger partial charge >= 0.3 is 0 Å². The Hall–Kier alpha value is -1.32. The van der Waals surface area contributed by atoms with Crippen molar-refractivity contribution in [3.05, 3.63) is 11.4 Å². The van der Waals surface area contributed by atoms with Crippen LogP contribution in [-0.4, -0.2) is 22.6 Å². The van der Waals surface area contributed by atoms with Gasteiger partial charge in [-0.2, -0.15) is 0 Å². The minimum absolute atomic E-state index is 0.314. The monoisotopic (exact) mass is 248 g/mol. The number of nitrogen functional groups attached to an aromatic ring is 1. The molecule has 1 saturated carbocycles. The van der Waals surface area contributed by atoms with E-state index >= 15 is 0 Å². The largest absolute Gasteiger partial charge is 0.383 e. The number of hydrogen-bond donors (Lipinski definition) is 1. The summed E-state index contributed by atoms with van der Waals surface area (Å²) in [6, 6.07) is 0.665. The first-order chi connectivity index (χ1) is 8.54. The first-order valence-corrected chi connectivity index (χ1v) is 6.95. The lowest BCUT2D eigenvalue weighted by atomic mass is 10.2. The molecule has 0 atom stereocenters. The summed E-state index contributed by atoms with van der Waals surface area (Å²) in [4.78, 5) is 11.6. The van der Waals surface area contributed by atoms with Crippen LogP contribution in [0.4, 0.5) is 11.6 Å². The molecule has 1 aromatic rings. The van der Waals surface area contributed by atoms with Crippen molar-refractivity contribution in [1.82, 2.24) is 9.97 Å². The van der Waals surface area contributed by atoms with E-state index < -0.39 is 0 Å². The number of rotatable bonds is 5. The molecular weight excluding hydrogens is 224 g/mol. The maximum absolute atomic E-state index is 6.04. The second-order valence-electron chi connectivity index (χ2n) is 5.49. The summed E-state index contributed by atoms with van der Waals surface area (Å²) in [7, 11) is 0. The first-order valence-electron chi connectivity index (χ1n) is 6.95. The summed E-state index contributed by atoms with van der Waals surface area (Å²) in [5.74, 6) is 2.85. The Morgan fingerprint density at radius 3 is 2.50 bits per heavy atom. The first kappa shape index (κ1) is 13.1. The minimum Gasteiger partial charge on any atom is -0.383 e. The van der Waals surface area contributed by atoms with Crippen LogP contribution < -0.4 is 10.6 Å². The fourth-order valence-corrected chi connectivity index (χ4v) is 2.17. The van der Waals surface area contributed by atoms with Crippen LogP contribution in [0.2, 0.25) is 0 Å². The molecule has 0 unspecified atom stereocenters. The second-order valence-corrected chi connectivity index (χ2v) is 5.49. The van der Waals surface area contributed by atoms with Gasteiger partial charge in [0.1, 0.15) is 17.5 Å². The van der Waals surface area contributed by atoms with Crippen molar-refractivity contribution >= 4 is 11.6 Å². The van der Waals surface area contributed by atoms with Gasteiger partial charge in [-0.3, -0.25) is 0 Å². The average Bonchev–Trinajstić information content (AvgIpc) is 3.13. The SMILES string of the molecule is CCCN(c1nc(C(C)C)nc(N)c1C)C1CC1. The summed E-state index contributed by atoms with van der Waals surface area (Å²) in [5, 5.41) is 0. The van der Waals surface area contributed by atoms with Gasteiger partial charge in [-0.1, -0.05) is 20.8 Å². The van der Waals surface area contributed by atoms with Crippen LogP contribution in [0, 0.1) is 6.92 Å². The van der Waals surface area contributed by atoms with Gasteiger partial charge in [-0.05, 0) is 26.2 Å². The molecule has 0 aromatic carbocycles. The molecule has 2 rings (SSSR count). The molecule has 1 aromatic heterocycles. The van der Waals surface area contributed by atoms with E-state index in [1.165, 1.54) is 12.8 Å². The van der Waals surface area contributed by atoms with E-state index in [2.05, 4.69) is 30.7 Å². The third-order valence-corrected chi connectivity index (χ3v) is 3.42. The van der Waals surface area contributed by atoms with Crippen molar-refractivity contribution in [2.75, 3.05) is 17.2 Å². The van der Waals surface area contributed by atoms with Crippen LogP contribution in [0.3, 0.4) is 0 Å². The molecule has 0 bridgehead atoms. The molecule has 18 heavy (non-hydrogen) atoms. The number of hydrogen-bond acceptors (Lipinski definition) is 4. The Morgan fingerprint density at radius 1 is 1.33 bits per heavy atom. The molecule has 4 nitrogen and oxygen atoms in total. The van der Waals surface area contributed by atoms with E-state index in [0.717, 1.165) is 30.2 Å². The normalized spacial score (nSPS) is 15.2. The zero-order valence-electron chi connectivity index (χ0n) is 11.9. The van der Waals surface area contributed by atoms with Crippen LogP contribution in [-0.2, 0) is 0 Å². The summed E-state index contributed by atoms with van der Waals surface area (Å²) in [6.45, 7) is 9.50. The molecular formula is C14H24N4. The van der Waals surface area contributed by atoms with Crippen LogP contribution >= 0.6 is 0 Å². The average molecular weight is 248 g/mol.